The van der Waals surface area contributed by atoms with Crippen LogP contribution in [0.1, 0.15) is 31.2 Å². The van der Waals surface area contributed by atoms with Gasteiger partial charge in [0.2, 0.25) is 0 Å². The van der Waals surface area contributed by atoms with Crippen LogP contribution in [0.5, 0.6) is 0 Å². The average Bonchev–Trinajstić information content (AvgIpc) is 3.15. The third-order valence-electron chi connectivity index (χ3n) is 5.74. The van der Waals surface area contributed by atoms with Crippen molar-refractivity contribution < 1.29 is 4.79 Å². The van der Waals surface area contributed by atoms with Crippen LogP contribution in [0, 0.1) is 23.2 Å². The molecular formula is C22H26N4OS. The van der Waals surface area contributed by atoms with Crippen molar-refractivity contribution in [3.05, 3.63) is 46.2 Å². The third-order valence-corrected chi connectivity index (χ3v) is 6.89. The molecule has 1 fully saturated rings. The molecule has 1 aromatic carbocycles. The fourth-order valence-corrected chi connectivity index (χ4v) is 4.97. The predicted octanol–water partition coefficient (Wildman–Crippen LogP) is 3.64. The number of thiophene rings is 1. The molecule has 1 saturated heterocycles. The molecule has 146 valence electrons. The van der Waals surface area contributed by atoms with Crippen molar-refractivity contribution in [1.29, 1.82) is 5.26 Å². The van der Waals surface area contributed by atoms with Gasteiger partial charge in [-0.1, -0.05) is 12.1 Å². The van der Waals surface area contributed by atoms with Gasteiger partial charge in [-0.15, -0.1) is 11.3 Å². The molecule has 1 aliphatic heterocycles. The van der Waals surface area contributed by atoms with E-state index in [9.17, 15) is 4.79 Å². The number of aldehydes is 1. The Bertz CT molecular complexity index is 907. The number of carbonyl (C=O) groups excluding carboxylic acids is 1. The van der Waals surface area contributed by atoms with Gasteiger partial charge in [-0.25, -0.2) is 0 Å². The van der Waals surface area contributed by atoms with E-state index < -0.39 is 5.54 Å². The minimum absolute atomic E-state index is 0.237. The van der Waals surface area contributed by atoms with Crippen LogP contribution in [0.3, 0.4) is 0 Å². The fraction of sp³-hybridized carbons (Fsp3) is 0.409. The van der Waals surface area contributed by atoms with E-state index in [1.54, 1.807) is 17.4 Å². The number of hydrogen-bond acceptors (Lipinski definition) is 5. The largest absolute Gasteiger partial charge is 0.390 e. The van der Waals surface area contributed by atoms with Crippen molar-refractivity contribution in [3.8, 4) is 17.2 Å². The number of nitriles is 1. The molecule has 0 spiro atoms. The maximum atomic E-state index is 12.1. The predicted molar refractivity (Wildman–Crippen MR) is 114 cm³/mol. The summed E-state index contributed by atoms with van der Waals surface area (Å²) in [5.41, 5.74) is 7.63. The Balaban J connectivity index is 1.92. The Morgan fingerprint density at radius 1 is 1.36 bits per heavy atom. The van der Waals surface area contributed by atoms with Gasteiger partial charge in [-0.2, -0.15) is 5.26 Å². The monoisotopic (exact) mass is 394 g/mol. The maximum absolute atomic E-state index is 12.1. The summed E-state index contributed by atoms with van der Waals surface area (Å²) in [6.45, 7) is 8.14. The van der Waals surface area contributed by atoms with E-state index in [0.717, 1.165) is 35.4 Å². The number of aliphatic imine (C=N–C) groups is 1. The van der Waals surface area contributed by atoms with E-state index in [1.165, 1.54) is 6.34 Å². The molecule has 28 heavy (non-hydrogen) atoms. The third kappa shape index (κ3) is 3.73. The summed E-state index contributed by atoms with van der Waals surface area (Å²) >= 11 is 1.58. The molecule has 0 unspecified atom stereocenters. The lowest BCUT2D eigenvalue weighted by atomic mass is 9.73. The summed E-state index contributed by atoms with van der Waals surface area (Å²) in [7, 11) is 0. The van der Waals surface area contributed by atoms with Crippen LogP contribution in [0.25, 0.3) is 11.1 Å². The number of nitrogens with two attached hydrogens (primary N) is 1. The van der Waals surface area contributed by atoms with Crippen LogP contribution in [0.2, 0.25) is 0 Å². The summed E-state index contributed by atoms with van der Waals surface area (Å²) in [5.74, 6) is 0.0281. The van der Waals surface area contributed by atoms with Crippen molar-refractivity contribution in [2.24, 2.45) is 22.6 Å². The second-order valence-corrected chi connectivity index (χ2v) is 8.70. The number of benzene rings is 1. The van der Waals surface area contributed by atoms with Crippen LogP contribution in [-0.2, 0) is 10.3 Å². The Morgan fingerprint density at radius 2 is 2.11 bits per heavy atom. The maximum Gasteiger partial charge on any atom is 0.126 e. The highest BCUT2D eigenvalue weighted by Gasteiger charge is 2.46. The minimum atomic E-state index is -0.694. The number of carbonyl (C=O) groups is 1. The highest BCUT2D eigenvalue weighted by molar-refractivity contribution is 7.10. The average molecular weight is 395 g/mol. The summed E-state index contributed by atoms with van der Waals surface area (Å²) in [5, 5.41) is 11.2. The highest BCUT2D eigenvalue weighted by atomic mass is 32.1. The first-order valence-corrected chi connectivity index (χ1v) is 10.3. The Morgan fingerprint density at radius 3 is 2.71 bits per heavy atom. The molecule has 0 radical (unpaired) electrons. The molecule has 5 nitrogen and oxygen atoms in total. The second-order valence-electron chi connectivity index (χ2n) is 7.79. The molecule has 0 bridgehead atoms. The summed E-state index contributed by atoms with van der Waals surface area (Å²) in [6.07, 6.45) is 2.36. The zero-order chi connectivity index (χ0) is 20.3. The van der Waals surface area contributed by atoms with Crippen LogP contribution >= 0.6 is 11.3 Å². The molecule has 3 rings (SSSR count). The molecule has 0 aliphatic carbocycles. The number of likely N-dealkylation sites (tertiary alicyclic amines) is 1. The SMILES string of the molecule is CC(C)N1CC([C@H](C=O)[C@](C)(N=CN)c2cc(-c3cccc(C#N)c3)cs2)C1. The molecule has 0 saturated carbocycles. The molecule has 6 heteroatoms. The highest BCUT2D eigenvalue weighted by Crippen LogP contribution is 2.44. The van der Waals surface area contributed by atoms with Crippen LogP contribution in [-0.4, -0.2) is 36.7 Å². The van der Waals surface area contributed by atoms with E-state index >= 15 is 0 Å². The van der Waals surface area contributed by atoms with Crippen LogP contribution < -0.4 is 5.73 Å². The first-order chi connectivity index (χ1) is 13.4. The number of nitrogens with zero attached hydrogens (tertiary/aromatic N) is 3. The number of hydrogen-bond donors (Lipinski definition) is 1. The van der Waals surface area contributed by atoms with Gasteiger partial charge in [0, 0.05) is 29.9 Å². The van der Waals surface area contributed by atoms with E-state index in [1.807, 2.05) is 25.1 Å². The van der Waals surface area contributed by atoms with Crippen molar-refractivity contribution >= 4 is 24.0 Å². The van der Waals surface area contributed by atoms with E-state index in [-0.39, 0.29) is 11.8 Å². The standard InChI is InChI=1S/C22H26N4OS/c1-15(2)26-10-19(11-26)20(12-27)22(3,25-14-24)21-8-18(13-28-21)17-6-4-5-16(7-17)9-23/h4-8,12-15,19-20H,10-11H2,1-3H3,(H2,24,25)/t20-,22-/m0/s1. The lowest BCUT2D eigenvalue weighted by Crippen LogP contribution is -2.56. The molecule has 2 N–H and O–H groups in total. The lowest BCUT2D eigenvalue weighted by molar-refractivity contribution is -0.118. The molecule has 2 atom stereocenters. The zero-order valence-corrected chi connectivity index (χ0v) is 17.3. The van der Waals surface area contributed by atoms with E-state index in [4.69, 9.17) is 11.0 Å². The Labute approximate surface area is 170 Å². The number of rotatable bonds is 7. The quantitative estimate of drug-likeness (QED) is 0.441. The molecule has 0 amide bonds. The van der Waals surface area contributed by atoms with Gasteiger partial charge in [0.15, 0.2) is 0 Å². The van der Waals surface area contributed by atoms with Crippen LogP contribution in [0.15, 0.2) is 40.7 Å². The topological polar surface area (TPSA) is 82.5 Å². The molecule has 2 aromatic rings. The Hall–Kier alpha value is -2.49. The van der Waals surface area contributed by atoms with Crippen molar-refractivity contribution in [1.82, 2.24) is 4.90 Å². The molecule has 1 aromatic heterocycles. The first-order valence-electron chi connectivity index (χ1n) is 9.47. The van der Waals surface area contributed by atoms with E-state index in [0.29, 0.717) is 11.6 Å². The smallest absolute Gasteiger partial charge is 0.126 e. The minimum Gasteiger partial charge on any atom is -0.390 e. The van der Waals surface area contributed by atoms with Gasteiger partial charge >= 0.3 is 0 Å². The Kier molecular flexibility index (Phi) is 5.97. The zero-order valence-electron chi connectivity index (χ0n) is 16.5. The molecule has 1 aliphatic rings. The van der Waals surface area contributed by atoms with Crippen LogP contribution in [0.4, 0.5) is 0 Å². The first kappa shape index (κ1) is 20.2. The summed E-state index contributed by atoms with van der Waals surface area (Å²) < 4.78 is 0. The van der Waals surface area contributed by atoms with Gasteiger partial charge in [0.05, 0.1) is 18.0 Å². The van der Waals surface area contributed by atoms with Crippen molar-refractivity contribution in [2.75, 3.05) is 13.1 Å². The van der Waals surface area contributed by atoms with Gasteiger partial charge in [0.25, 0.3) is 0 Å². The normalized spacial score (nSPS) is 18.5. The van der Waals surface area contributed by atoms with E-state index in [2.05, 4.69) is 41.3 Å². The van der Waals surface area contributed by atoms with Gasteiger partial charge in [-0.3, -0.25) is 4.99 Å². The second kappa shape index (κ2) is 8.26. The van der Waals surface area contributed by atoms with Crippen molar-refractivity contribution in [2.45, 2.75) is 32.4 Å². The fourth-order valence-electron chi connectivity index (χ4n) is 3.89. The lowest BCUT2D eigenvalue weighted by Gasteiger charge is -2.48. The molecular weight excluding hydrogens is 368 g/mol. The van der Waals surface area contributed by atoms with Crippen molar-refractivity contribution in [3.63, 3.8) is 0 Å². The summed E-state index contributed by atoms with van der Waals surface area (Å²) in [6, 6.07) is 12.3. The van der Waals surface area contributed by atoms with Gasteiger partial charge in [-0.05, 0) is 61.4 Å². The van der Waals surface area contributed by atoms with Gasteiger partial charge in [0.1, 0.15) is 11.8 Å². The summed E-state index contributed by atoms with van der Waals surface area (Å²) in [4.78, 5) is 20.0. The molecule has 2 heterocycles. The van der Waals surface area contributed by atoms with Gasteiger partial charge < -0.3 is 15.4 Å².